The molecule has 0 atom stereocenters. The predicted molar refractivity (Wildman–Crippen MR) is 33.1 cm³/mol. The summed E-state index contributed by atoms with van der Waals surface area (Å²) in [5.74, 6) is 0.364. The minimum atomic E-state index is 0.364. The van der Waals surface area contributed by atoms with Gasteiger partial charge in [-0.2, -0.15) is 0 Å². The van der Waals surface area contributed by atoms with Gasteiger partial charge in [-0.15, -0.1) is 11.8 Å². The highest BCUT2D eigenvalue weighted by atomic mass is 35.5. The van der Waals surface area contributed by atoms with Crippen LogP contribution < -0.4 is 0 Å². The maximum absolute atomic E-state index is 9.46. The van der Waals surface area contributed by atoms with Gasteiger partial charge in [-0.1, -0.05) is 11.6 Å². The van der Waals surface area contributed by atoms with E-state index in [0.717, 1.165) is 0 Å². The fourth-order valence-electron chi connectivity index (χ4n) is 0.119. The lowest BCUT2D eigenvalue weighted by atomic mass is 10.9. The molecule has 0 aliphatic heterocycles. The molecule has 0 fully saturated rings. The zero-order valence-electron chi connectivity index (χ0n) is 3.56. The Balaban J connectivity index is 2.82. The highest BCUT2D eigenvalue weighted by molar-refractivity contribution is 8.02. The first kappa shape index (κ1) is 7.05. The minimum absolute atomic E-state index is 0.364. The summed E-state index contributed by atoms with van der Waals surface area (Å²) in [5, 5.41) is 1.63. The molecule has 0 unspecified atom stereocenters. The van der Waals surface area contributed by atoms with Crippen LogP contribution in [-0.2, 0) is 4.79 Å². The number of halogens is 1. The van der Waals surface area contributed by atoms with Gasteiger partial charge in [0.15, 0.2) is 0 Å². The zero-order valence-corrected chi connectivity index (χ0v) is 5.13. The average Bonchev–Trinajstić information content (AvgIpc) is 1.69. The van der Waals surface area contributed by atoms with Gasteiger partial charge in [0.1, 0.15) is 0 Å². The minimum Gasteiger partial charge on any atom is -0.290 e. The molecule has 0 rings (SSSR count). The molecule has 7 heavy (non-hydrogen) atoms. The molecule has 1 radical (unpaired) electrons. The molecule has 0 bridgehead atoms. The van der Waals surface area contributed by atoms with Gasteiger partial charge in [-0.05, 0) is 5.41 Å². The van der Waals surface area contributed by atoms with Gasteiger partial charge in [0, 0.05) is 5.54 Å². The SMILES string of the molecule is O=[C]CS/C=C/Cl. The molecule has 0 aromatic heterocycles. The molecule has 0 aromatic carbocycles. The van der Waals surface area contributed by atoms with E-state index >= 15 is 0 Å². The highest BCUT2D eigenvalue weighted by Crippen LogP contribution is 1.98. The molecule has 0 heterocycles. The van der Waals surface area contributed by atoms with Crippen molar-refractivity contribution in [2.24, 2.45) is 0 Å². The van der Waals surface area contributed by atoms with E-state index in [1.54, 1.807) is 11.7 Å². The van der Waals surface area contributed by atoms with Crippen LogP contribution in [0.15, 0.2) is 10.9 Å². The summed E-state index contributed by atoms with van der Waals surface area (Å²) >= 11 is 6.42. The first-order valence-electron chi connectivity index (χ1n) is 1.63. The van der Waals surface area contributed by atoms with Crippen molar-refractivity contribution in [1.29, 1.82) is 0 Å². The molecule has 0 N–H and O–H groups in total. The molecule has 3 heteroatoms. The summed E-state index contributed by atoms with van der Waals surface area (Å²) in [7, 11) is 0. The molecular formula is C4H4ClOS. The topological polar surface area (TPSA) is 17.1 Å². The van der Waals surface area contributed by atoms with Crippen molar-refractivity contribution in [2.45, 2.75) is 0 Å². The molecule has 1 nitrogen and oxygen atoms in total. The lowest BCUT2D eigenvalue weighted by molar-refractivity contribution is 0.560. The van der Waals surface area contributed by atoms with E-state index in [1.165, 1.54) is 17.3 Å². The van der Waals surface area contributed by atoms with Crippen LogP contribution in [0.1, 0.15) is 0 Å². The van der Waals surface area contributed by atoms with Crippen molar-refractivity contribution in [2.75, 3.05) is 5.75 Å². The van der Waals surface area contributed by atoms with Crippen LogP contribution in [0.25, 0.3) is 0 Å². The molecule has 0 saturated carbocycles. The molecule has 0 amide bonds. The third-order valence-electron chi connectivity index (χ3n) is 0.290. The quantitative estimate of drug-likeness (QED) is 0.546. The summed E-state index contributed by atoms with van der Waals surface area (Å²) in [4.78, 5) is 9.46. The second kappa shape index (κ2) is 6.05. The molecule has 0 saturated heterocycles. The number of thioether (sulfide) groups is 1. The Morgan fingerprint density at radius 2 is 2.57 bits per heavy atom. The van der Waals surface area contributed by atoms with Crippen LogP contribution >= 0.6 is 23.4 Å². The lowest BCUT2D eigenvalue weighted by Crippen LogP contribution is -1.70. The standard InChI is InChI=1S/C4H4ClOS/c5-1-3-7-4-2-6/h1,3H,4H2/b3-1+. The second-order valence-electron chi connectivity index (χ2n) is 0.717. The van der Waals surface area contributed by atoms with Gasteiger partial charge in [-0.3, -0.25) is 4.79 Å². The largest absolute Gasteiger partial charge is 0.290 e. The Kier molecular flexibility index (Phi) is 6.09. The molecule has 0 aliphatic rings. The number of hydrogen-bond donors (Lipinski definition) is 0. The maximum Gasteiger partial charge on any atom is 0.209 e. The van der Waals surface area contributed by atoms with Gasteiger partial charge in [0.2, 0.25) is 6.29 Å². The third kappa shape index (κ3) is 6.05. The van der Waals surface area contributed by atoms with Crippen LogP contribution in [0, 0.1) is 0 Å². The molecule has 0 aromatic rings. The van der Waals surface area contributed by atoms with E-state index in [1.807, 2.05) is 0 Å². The highest BCUT2D eigenvalue weighted by Gasteiger charge is 1.74. The smallest absolute Gasteiger partial charge is 0.209 e. The van der Waals surface area contributed by atoms with Crippen molar-refractivity contribution < 1.29 is 4.79 Å². The zero-order chi connectivity index (χ0) is 5.54. The number of hydrogen-bond acceptors (Lipinski definition) is 2. The molecule has 0 spiro atoms. The summed E-state index contributed by atoms with van der Waals surface area (Å²) in [6.45, 7) is 0. The normalized spacial score (nSPS) is 9.86. The van der Waals surface area contributed by atoms with Crippen LogP contribution in [0.4, 0.5) is 0 Å². The van der Waals surface area contributed by atoms with Crippen molar-refractivity contribution in [3.63, 3.8) is 0 Å². The van der Waals surface area contributed by atoms with Gasteiger partial charge in [0.05, 0.1) is 5.75 Å². The fraction of sp³-hybridized carbons (Fsp3) is 0.250. The summed E-state index contributed by atoms with van der Waals surface area (Å²) < 4.78 is 0. The Morgan fingerprint density at radius 1 is 1.86 bits per heavy atom. The van der Waals surface area contributed by atoms with E-state index in [2.05, 4.69) is 0 Å². The third-order valence-corrected chi connectivity index (χ3v) is 1.18. The average molecular weight is 136 g/mol. The van der Waals surface area contributed by atoms with Gasteiger partial charge < -0.3 is 0 Å². The van der Waals surface area contributed by atoms with Crippen LogP contribution in [0.3, 0.4) is 0 Å². The lowest BCUT2D eigenvalue weighted by Gasteiger charge is -1.74. The second-order valence-corrected chi connectivity index (χ2v) is 1.86. The predicted octanol–water partition coefficient (Wildman–Crippen LogP) is 1.54. The Labute approximate surface area is 51.7 Å². The number of carbonyl (C=O) groups excluding carboxylic acids is 1. The van der Waals surface area contributed by atoms with Gasteiger partial charge >= 0.3 is 0 Å². The summed E-state index contributed by atoms with van der Waals surface area (Å²) in [5.41, 5.74) is 1.36. The van der Waals surface area contributed by atoms with Crippen LogP contribution in [0.5, 0.6) is 0 Å². The monoisotopic (exact) mass is 135 g/mol. The van der Waals surface area contributed by atoms with E-state index < -0.39 is 0 Å². The number of rotatable bonds is 3. The van der Waals surface area contributed by atoms with Crippen LogP contribution in [0.2, 0.25) is 0 Å². The summed E-state index contributed by atoms with van der Waals surface area (Å²) in [6, 6.07) is 0. The van der Waals surface area contributed by atoms with E-state index in [0.29, 0.717) is 5.75 Å². The van der Waals surface area contributed by atoms with Crippen molar-refractivity contribution in [3.8, 4) is 0 Å². The Hall–Kier alpha value is 0.0500. The fourth-order valence-corrected chi connectivity index (χ4v) is 0.574. The molecule has 39 valence electrons. The van der Waals surface area contributed by atoms with Crippen molar-refractivity contribution >= 4 is 29.6 Å². The van der Waals surface area contributed by atoms with Crippen molar-refractivity contribution in [3.05, 3.63) is 10.9 Å². The maximum atomic E-state index is 9.46. The van der Waals surface area contributed by atoms with Gasteiger partial charge in [-0.25, -0.2) is 0 Å². The molecular weight excluding hydrogens is 132 g/mol. The van der Waals surface area contributed by atoms with Crippen LogP contribution in [-0.4, -0.2) is 12.0 Å². The Morgan fingerprint density at radius 3 is 3.00 bits per heavy atom. The Bertz CT molecular complexity index is 72.1. The van der Waals surface area contributed by atoms with E-state index in [-0.39, 0.29) is 0 Å². The molecule has 0 aliphatic carbocycles. The first-order chi connectivity index (χ1) is 3.41. The summed E-state index contributed by atoms with van der Waals surface area (Å²) in [6.07, 6.45) is 1.71. The first-order valence-corrected chi connectivity index (χ1v) is 3.12. The van der Waals surface area contributed by atoms with E-state index in [9.17, 15) is 4.79 Å². The van der Waals surface area contributed by atoms with E-state index in [4.69, 9.17) is 11.6 Å². The van der Waals surface area contributed by atoms with Crippen molar-refractivity contribution in [1.82, 2.24) is 0 Å². The van der Waals surface area contributed by atoms with Gasteiger partial charge in [0.25, 0.3) is 0 Å².